The molecule has 9 heteroatoms. The Hall–Kier alpha value is -1.23. The van der Waals surface area contributed by atoms with Crippen LogP contribution in [0.2, 0.25) is 0 Å². The largest absolute Gasteiger partial charge is 0.491 e. The summed E-state index contributed by atoms with van der Waals surface area (Å²) >= 11 is 0. The number of guanidine groups is 1. The molecule has 2 rings (SSSR count). The maximum Gasteiger partial charge on any atom is 0.419 e. The molecule has 1 fully saturated rings. The molecule has 160 valence electrons. The molecule has 0 atom stereocenters. The van der Waals surface area contributed by atoms with E-state index in [1.165, 1.54) is 24.6 Å². The zero-order valence-electron chi connectivity index (χ0n) is 16.4. The van der Waals surface area contributed by atoms with Crippen molar-refractivity contribution >= 4 is 29.9 Å². The Balaban J connectivity index is 0.00000392. The van der Waals surface area contributed by atoms with E-state index in [1.54, 1.807) is 7.05 Å². The molecular weight excluding hydrogens is 484 g/mol. The molecule has 0 amide bonds. The zero-order chi connectivity index (χ0) is 19.7. The van der Waals surface area contributed by atoms with Crippen LogP contribution in [0.5, 0.6) is 5.75 Å². The number of hydrogen-bond donors (Lipinski definition) is 2. The number of alkyl halides is 3. The summed E-state index contributed by atoms with van der Waals surface area (Å²) in [7, 11) is 1.68. The number of likely N-dealkylation sites (tertiary alicyclic amines) is 1. The number of nitrogens with one attached hydrogen (secondary N) is 2. The van der Waals surface area contributed by atoms with Gasteiger partial charge in [0.25, 0.3) is 0 Å². The van der Waals surface area contributed by atoms with Crippen LogP contribution in [0.1, 0.15) is 31.7 Å². The van der Waals surface area contributed by atoms with Crippen LogP contribution < -0.4 is 15.4 Å². The second-order valence-electron chi connectivity index (χ2n) is 6.60. The first-order chi connectivity index (χ1) is 12.9. The van der Waals surface area contributed by atoms with Gasteiger partial charge in [0.1, 0.15) is 12.4 Å². The molecule has 0 radical (unpaired) electrons. The summed E-state index contributed by atoms with van der Waals surface area (Å²) < 4.78 is 44.2. The first kappa shape index (κ1) is 24.8. The average Bonchev–Trinajstić information content (AvgIpc) is 2.65. The summed E-state index contributed by atoms with van der Waals surface area (Å²) in [6.45, 7) is 5.94. The van der Waals surface area contributed by atoms with Crippen LogP contribution in [0.3, 0.4) is 0 Å². The molecule has 0 spiro atoms. The van der Waals surface area contributed by atoms with Crippen molar-refractivity contribution < 1.29 is 17.9 Å². The summed E-state index contributed by atoms with van der Waals surface area (Å²) in [5.41, 5.74) is -0.758. The number of benzene rings is 1. The van der Waals surface area contributed by atoms with Crippen molar-refractivity contribution in [2.24, 2.45) is 4.99 Å². The van der Waals surface area contributed by atoms with E-state index in [-0.39, 0.29) is 36.3 Å². The Labute approximate surface area is 182 Å². The van der Waals surface area contributed by atoms with E-state index in [4.69, 9.17) is 4.74 Å². The highest BCUT2D eigenvalue weighted by molar-refractivity contribution is 14.0. The van der Waals surface area contributed by atoms with E-state index in [2.05, 4.69) is 27.4 Å². The predicted octanol–water partition coefficient (Wildman–Crippen LogP) is 3.74. The van der Waals surface area contributed by atoms with Gasteiger partial charge in [-0.1, -0.05) is 19.1 Å². The minimum Gasteiger partial charge on any atom is -0.491 e. The number of para-hydroxylation sites is 1. The molecule has 1 aliphatic heterocycles. The van der Waals surface area contributed by atoms with Crippen LogP contribution in [0.25, 0.3) is 0 Å². The number of halogens is 4. The van der Waals surface area contributed by atoms with Crippen molar-refractivity contribution in [1.82, 2.24) is 15.5 Å². The molecule has 5 nitrogen and oxygen atoms in total. The molecule has 0 aromatic heterocycles. The smallest absolute Gasteiger partial charge is 0.419 e. The van der Waals surface area contributed by atoms with Crippen LogP contribution in [-0.2, 0) is 6.18 Å². The third-order valence-corrected chi connectivity index (χ3v) is 4.54. The second-order valence-corrected chi connectivity index (χ2v) is 6.60. The van der Waals surface area contributed by atoms with Gasteiger partial charge in [0.05, 0.1) is 12.1 Å². The first-order valence-corrected chi connectivity index (χ1v) is 9.42. The lowest BCUT2D eigenvalue weighted by atomic mass is 10.1. The fraction of sp³-hybridized carbons (Fsp3) is 0.632. The molecule has 0 bridgehead atoms. The molecule has 1 aliphatic rings. The Morgan fingerprint density at radius 3 is 2.54 bits per heavy atom. The lowest BCUT2D eigenvalue weighted by Crippen LogP contribution is -2.49. The van der Waals surface area contributed by atoms with Gasteiger partial charge < -0.3 is 20.3 Å². The first-order valence-electron chi connectivity index (χ1n) is 9.42. The van der Waals surface area contributed by atoms with Crippen LogP contribution >= 0.6 is 24.0 Å². The number of piperidine rings is 1. The van der Waals surface area contributed by atoms with E-state index < -0.39 is 11.7 Å². The normalized spacial score (nSPS) is 16.4. The molecule has 1 aromatic carbocycles. The summed E-state index contributed by atoms with van der Waals surface area (Å²) in [6, 6.07) is 5.60. The van der Waals surface area contributed by atoms with Crippen molar-refractivity contribution in [2.75, 3.05) is 39.8 Å². The minimum absolute atomic E-state index is 0. The second kappa shape index (κ2) is 12.4. The third kappa shape index (κ3) is 8.02. The number of hydrogen-bond acceptors (Lipinski definition) is 3. The van der Waals surface area contributed by atoms with Gasteiger partial charge in [0.2, 0.25) is 0 Å². The molecule has 1 heterocycles. The molecule has 2 N–H and O–H groups in total. The predicted molar refractivity (Wildman–Crippen MR) is 117 cm³/mol. The van der Waals surface area contributed by atoms with Gasteiger partial charge in [0, 0.05) is 26.2 Å². The summed E-state index contributed by atoms with van der Waals surface area (Å²) in [5, 5.41) is 6.48. The van der Waals surface area contributed by atoms with E-state index in [1.807, 2.05) is 0 Å². The SMILES string of the molecule is CCCN1CCC(NC(=NC)NCCOc2ccccc2C(F)(F)F)CC1.I. The molecule has 1 saturated heterocycles. The van der Waals surface area contributed by atoms with Gasteiger partial charge in [-0.05, 0) is 37.9 Å². The van der Waals surface area contributed by atoms with Crippen LogP contribution in [-0.4, -0.2) is 56.7 Å². The molecular formula is C19H30F3IN4O. The van der Waals surface area contributed by atoms with Crippen molar-refractivity contribution in [2.45, 2.75) is 38.4 Å². The monoisotopic (exact) mass is 514 g/mol. The van der Waals surface area contributed by atoms with Crippen LogP contribution in [0.4, 0.5) is 13.2 Å². The maximum atomic E-state index is 12.9. The quantitative estimate of drug-likeness (QED) is 0.252. The van der Waals surface area contributed by atoms with Gasteiger partial charge in [-0.25, -0.2) is 0 Å². The lowest BCUT2D eigenvalue weighted by Gasteiger charge is -2.32. The van der Waals surface area contributed by atoms with E-state index in [9.17, 15) is 13.2 Å². The summed E-state index contributed by atoms with van der Waals surface area (Å²) in [5.74, 6) is 0.495. The van der Waals surface area contributed by atoms with Crippen molar-refractivity contribution in [3.05, 3.63) is 29.8 Å². The number of aliphatic imine (C=N–C) groups is 1. The van der Waals surface area contributed by atoms with E-state index in [0.29, 0.717) is 18.5 Å². The fourth-order valence-corrected chi connectivity index (χ4v) is 3.16. The number of rotatable bonds is 7. The van der Waals surface area contributed by atoms with Crippen molar-refractivity contribution in [3.8, 4) is 5.75 Å². The van der Waals surface area contributed by atoms with Crippen LogP contribution in [0.15, 0.2) is 29.3 Å². The van der Waals surface area contributed by atoms with E-state index >= 15 is 0 Å². The van der Waals surface area contributed by atoms with Crippen molar-refractivity contribution in [1.29, 1.82) is 0 Å². The molecule has 0 aliphatic carbocycles. The minimum atomic E-state index is -4.42. The van der Waals surface area contributed by atoms with Crippen molar-refractivity contribution in [3.63, 3.8) is 0 Å². The molecule has 28 heavy (non-hydrogen) atoms. The summed E-state index contributed by atoms with van der Waals surface area (Å²) in [6.07, 6.45) is -1.15. The highest BCUT2D eigenvalue weighted by atomic mass is 127. The zero-order valence-corrected chi connectivity index (χ0v) is 18.7. The van der Waals surface area contributed by atoms with Gasteiger partial charge in [-0.3, -0.25) is 4.99 Å². The van der Waals surface area contributed by atoms with E-state index in [0.717, 1.165) is 38.5 Å². The van der Waals surface area contributed by atoms with Crippen LogP contribution in [0, 0.1) is 0 Å². The van der Waals surface area contributed by atoms with Gasteiger partial charge in [0.15, 0.2) is 5.96 Å². The highest BCUT2D eigenvalue weighted by Crippen LogP contribution is 2.35. The number of ether oxygens (including phenoxy) is 1. The molecule has 1 aromatic rings. The Morgan fingerprint density at radius 1 is 1.25 bits per heavy atom. The Morgan fingerprint density at radius 2 is 1.93 bits per heavy atom. The maximum absolute atomic E-state index is 12.9. The Kier molecular flexibility index (Phi) is 10.9. The van der Waals surface area contributed by atoms with Gasteiger partial charge in [-0.15, -0.1) is 24.0 Å². The Bertz CT molecular complexity index is 605. The lowest BCUT2D eigenvalue weighted by molar-refractivity contribution is -0.138. The summed E-state index contributed by atoms with van der Waals surface area (Å²) in [4.78, 5) is 6.64. The van der Waals surface area contributed by atoms with Gasteiger partial charge in [-0.2, -0.15) is 13.2 Å². The average molecular weight is 514 g/mol. The third-order valence-electron chi connectivity index (χ3n) is 4.54. The number of nitrogens with zero attached hydrogens (tertiary/aromatic N) is 2. The molecule has 0 unspecified atom stereocenters. The topological polar surface area (TPSA) is 48.9 Å². The fourth-order valence-electron chi connectivity index (χ4n) is 3.16. The highest BCUT2D eigenvalue weighted by Gasteiger charge is 2.33. The molecule has 0 saturated carbocycles. The standard InChI is InChI=1S/C19H29F3N4O.HI/c1-3-11-26-12-8-15(9-13-26)25-18(23-2)24-10-14-27-17-7-5-4-6-16(17)19(20,21)22;/h4-7,15H,3,8-14H2,1-2H3,(H2,23,24,25);1H. The van der Waals surface area contributed by atoms with Gasteiger partial charge >= 0.3 is 6.18 Å².